The zero-order chi connectivity index (χ0) is 16.2. The van der Waals surface area contributed by atoms with Gasteiger partial charge in [0.05, 0.1) is 12.2 Å². The van der Waals surface area contributed by atoms with Gasteiger partial charge < -0.3 is 20.5 Å². The summed E-state index contributed by atoms with van der Waals surface area (Å²) in [7, 11) is 0. The van der Waals surface area contributed by atoms with Crippen molar-refractivity contribution in [3.05, 3.63) is 34.9 Å². The summed E-state index contributed by atoms with van der Waals surface area (Å²) in [6, 6.07) is 7.57. The third-order valence-corrected chi connectivity index (χ3v) is 4.62. The van der Waals surface area contributed by atoms with E-state index in [1.165, 1.54) is 4.90 Å². The number of carbonyl (C=O) groups is 1. The number of nitrogens with two attached hydrogens (primary N) is 1. The third-order valence-electron chi connectivity index (χ3n) is 4.39. The number of rotatable bonds is 5. The molecule has 0 aliphatic carbocycles. The maximum absolute atomic E-state index is 11.3. The predicted octanol–water partition coefficient (Wildman–Crippen LogP) is 2.92. The standard InChI is InChI=1S/C16H23ClN2O3/c1-16(22-9-7-18,12-4-2-6-14(17)10-12)13-5-3-8-19(11-13)15(20)21/h2,4,6,10,13H,3,5,7-9,11,18H2,1H3,(H,20,21)/t13?,16-/m0/s1. The van der Waals surface area contributed by atoms with Crippen molar-refractivity contribution in [3.63, 3.8) is 0 Å². The number of likely N-dealkylation sites (tertiary alicyclic amines) is 1. The molecule has 22 heavy (non-hydrogen) atoms. The molecule has 2 atom stereocenters. The summed E-state index contributed by atoms with van der Waals surface area (Å²) in [5.74, 6) is 0.0716. The van der Waals surface area contributed by atoms with E-state index in [0.29, 0.717) is 31.3 Å². The topological polar surface area (TPSA) is 75.8 Å². The van der Waals surface area contributed by atoms with E-state index in [1.54, 1.807) is 0 Å². The first-order valence-electron chi connectivity index (χ1n) is 7.55. The maximum Gasteiger partial charge on any atom is 0.407 e. The molecule has 1 saturated heterocycles. The molecule has 2 rings (SSSR count). The Balaban J connectivity index is 2.30. The number of ether oxygens (including phenoxy) is 1. The van der Waals surface area contributed by atoms with E-state index >= 15 is 0 Å². The van der Waals surface area contributed by atoms with E-state index in [9.17, 15) is 9.90 Å². The van der Waals surface area contributed by atoms with Crippen molar-refractivity contribution in [1.29, 1.82) is 0 Å². The van der Waals surface area contributed by atoms with Crippen LogP contribution in [-0.2, 0) is 10.3 Å². The van der Waals surface area contributed by atoms with Gasteiger partial charge in [0.1, 0.15) is 0 Å². The lowest BCUT2D eigenvalue weighted by Crippen LogP contribution is -2.48. The molecule has 1 unspecified atom stereocenters. The molecule has 1 aromatic carbocycles. The molecule has 1 fully saturated rings. The quantitative estimate of drug-likeness (QED) is 0.872. The number of hydrogen-bond donors (Lipinski definition) is 2. The molecule has 1 aliphatic rings. The summed E-state index contributed by atoms with van der Waals surface area (Å²) in [4.78, 5) is 12.7. The van der Waals surface area contributed by atoms with Gasteiger partial charge in [-0.15, -0.1) is 0 Å². The van der Waals surface area contributed by atoms with Crippen LogP contribution in [0.2, 0.25) is 5.02 Å². The molecule has 1 aliphatic heterocycles. The summed E-state index contributed by atoms with van der Waals surface area (Å²) in [6.07, 6.45) is 0.869. The van der Waals surface area contributed by atoms with Crippen LogP contribution in [0.25, 0.3) is 0 Å². The van der Waals surface area contributed by atoms with Gasteiger partial charge in [-0.05, 0) is 37.5 Å². The van der Waals surface area contributed by atoms with Gasteiger partial charge in [-0.2, -0.15) is 0 Å². The average molecular weight is 327 g/mol. The molecule has 0 radical (unpaired) electrons. The van der Waals surface area contributed by atoms with Crippen LogP contribution in [0.3, 0.4) is 0 Å². The largest absolute Gasteiger partial charge is 0.465 e. The van der Waals surface area contributed by atoms with Crippen molar-refractivity contribution in [2.75, 3.05) is 26.2 Å². The van der Waals surface area contributed by atoms with Crippen molar-refractivity contribution in [3.8, 4) is 0 Å². The number of halogens is 1. The Labute approximate surface area is 136 Å². The number of hydrogen-bond acceptors (Lipinski definition) is 3. The average Bonchev–Trinajstić information content (AvgIpc) is 2.52. The van der Waals surface area contributed by atoms with Gasteiger partial charge in [0.25, 0.3) is 0 Å². The van der Waals surface area contributed by atoms with Gasteiger partial charge in [-0.1, -0.05) is 23.7 Å². The van der Waals surface area contributed by atoms with Gasteiger partial charge in [0.15, 0.2) is 0 Å². The van der Waals surface area contributed by atoms with Crippen LogP contribution >= 0.6 is 11.6 Å². The second-order valence-electron chi connectivity index (χ2n) is 5.82. The van der Waals surface area contributed by atoms with E-state index in [0.717, 1.165) is 18.4 Å². The molecule has 0 bridgehead atoms. The molecule has 3 N–H and O–H groups in total. The Morgan fingerprint density at radius 3 is 3.00 bits per heavy atom. The first-order chi connectivity index (χ1) is 10.5. The molecule has 1 heterocycles. The van der Waals surface area contributed by atoms with Crippen molar-refractivity contribution >= 4 is 17.7 Å². The summed E-state index contributed by atoms with van der Waals surface area (Å²) >= 11 is 6.12. The summed E-state index contributed by atoms with van der Waals surface area (Å²) in [6.45, 7) is 3.89. The zero-order valence-electron chi connectivity index (χ0n) is 12.8. The van der Waals surface area contributed by atoms with Crippen LogP contribution in [0, 0.1) is 5.92 Å². The Morgan fingerprint density at radius 2 is 2.36 bits per heavy atom. The van der Waals surface area contributed by atoms with Crippen molar-refractivity contribution < 1.29 is 14.6 Å². The highest BCUT2D eigenvalue weighted by molar-refractivity contribution is 6.30. The minimum absolute atomic E-state index is 0.0716. The van der Waals surface area contributed by atoms with Gasteiger partial charge >= 0.3 is 6.09 Å². The van der Waals surface area contributed by atoms with Crippen LogP contribution in [0.5, 0.6) is 0 Å². The van der Waals surface area contributed by atoms with Gasteiger partial charge in [0, 0.05) is 30.6 Å². The fourth-order valence-corrected chi connectivity index (χ4v) is 3.30. The van der Waals surface area contributed by atoms with E-state index in [-0.39, 0.29) is 5.92 Å². The third kappa shape index (κ3) is 3.72. The Kier molecular flexibility index (Phi) is 5.67. The van der Waals surface area contributed by atoms with E-state index in [2.05, 4.69) is 0 Å². The van der Waals surface area contributed by atoms with E-state index in [4.69, 9.17) is 22.1 Å². The van der Waals surface area contributed by atoms with Crippen molar-refractivity contribution in [2.24, 2.45) is 11.7 Å². The van der Waals surface area contributed by atoms with Crippen LogP contribution in [0.4, 0.5) is 4.79 Å². The lowest BCUT2D eigenvalue weighted by atomic mass is 9.78. The maximum atomic E-state index is 11.3. The highest BCUT2D eigenvalue weighted by atomic mass is 35.5. The van der Waals surface area contributed by atoms with E-state index < -0.39 is 11.7 Å². The minimum atomic E-state index is -0.878. The number of carboxylic acid groups (broad SMARTS) is 1. The second-order valence-corrected chi connectivity index (χ2v) is 6.26. The Hall–Kier alpha value is -1.30. The summed E-state index contributed by atoms with van der Waals surface area (Å²) < 4.78 is 6.08. The molecule has 1 amide bonds. The highest BCUT2D eigenvalue weighted by Gasteiger charge is 2.40. The molecular weight excluding hydrogens is 304 g/mol. The Morgan fingerprint density at radius 1 is 1.59 bits per heavy atom. The number of nitrogens with zero attached hydrogens (tertiary/aromatic N) is 1. The molecule has 122 valence electrons. The van der Waals surface area contributed by atoms with Crippen LogP contribution in [-0.4, -0.2) is 42.3 Å². The normalized spacial score (nSPS) is 21.4. The number of amides is 1. The fourth-order valence-electron chi connectivity index (χ4n) is 3.11. The first-order valence-corrected chi connectivity index (χ1v) is 7.93. The first kappa shape index (κ1) is 17.1. The number of piperidine rings is 1. The smallest absolute Gasteiger partial charge is 0.407 e. The SMILES string of the molecule is C[C@](OCCN)(c1cccc(Cl)c1)C1CCCN(C(=O)O)C1. The molecule has 5 nitrogen and oxygen atoms in total. The van der Waals surface area contributed by atoms with E-state index in [1.807, 2.05) is 31.2 Å². The molecule has 1 aromatic rings. The lowest BCUT2D eigenvalue weighted by Gasteiger charge is -2.43. The molecule has 0 spiro atoms. The number of benzene rings is 1. The monoisotopic (exact) mass is 326 g/mol. The van der Waals surface area contributed by atoms with Crippen molar-refractivity contribution in [2.45, 2.75) is 25.4 Å². The lowest BCUT2D eigenvalue weighted by molar-refractivity contribution is -0.0926. The van der Waals surface area contributed by atoms with Gasteiger partial charge in [0.2, 0.25) is 0 Å². The molecule has 0 saturated carbocycles. The second kappa shape index (κ2) is 7.31. The van der Waals surface area contributed by atoms with Gasteiger partial charge in [-0.25, -0.2) is 4.79 Å². The van der Waals surface area contributed by atoms with Crippen molar-refractivity contribution in [1.82, 2.24) is 4.90 Å². The highest BCUT2D eigenvalue weighted by Crippen LogP contribution is 2.39. The fraction of sp³-hybridized carbons (Fsp3) is 0.562. The van der Waals surface area contributed by atoms with Crippen LogP contribution in [0.15, 0.2) is 24.3 Å². The van der Waals surface area contributed by atoms with Crippen LogP contribution in [0.1, 0.15) is 25.3 Å². The van der Waals surface area contributed by atoms with Crippen LogP contribution < -0.4 is 5.73 Å². The predicted molar refractivity (Wildman–Crippen MR) is 86.1 cm³/mol. The summed E-state index contributed by atoms with van der Waals surface area (Å²) in [5.41, 5.74) is 5.96. The molecular formula is C16H23ClN2O3. The zero-order valence-corrected chi connectivity index (χ0v) is 13.6. The molecule has 6 heteroatoms. The summed E-state index contributed by atoms with van der Waals surface area (Å²) in [5, 5.41) is 9.90. The Bertz CT molecular complexity index is 526. The van der Waals surface area contributed by atoms with Gasteiger partial charge in [-0.3, -0.25) is 0 Å². The minimum Gasteiger partial charge on any atom is -0.465 e. The molecule has 0 aromatic heterocycles.